The van der Waals surface area contributed by atoms with Gasteiger partial charge < -0.3 is 10.4 Å². The predicted molar refractivity (Wildman–Crippen MR) is 60.2 cm³/mol. The third kappa shape index (κ3) is 2.82. The normalized spacial score (nSPS) is 10.3. The van der Waals surface area contributed by atoms with Crippen LogP contribution < -0.4 is 5.32 Å². The summed E-state index contributed by atoms with van der Waals surface area (Å²) < 4.78 is 39.3. The van der Waals surface area contributed by atoms with Gasteiger partial charge in [0.1, 0.15) is 17.3 Å². The number of anilines is 1. The molecule has 0 saturated carbocycles. The van der Waals surface area contributed by atoms with Crippen molar-refractivity contribution in [2.75, 3.05) is 5.32 Å². The molecule has 1 heterocycles. The summed E-state index contributed by atoms with van der Waals surface area (Å²) >= 11 is 0. The van der Waals surface area contributed by atoms with Gasteiger partial charge in [0.15, 0.2) is 11.6 Å². The molecular weight excluding hydrogens is 261 g/mol. The monoisotopic (exact) mass is 268 g/mol. The molecule has 1 aromatic heterocycles. The van der Waals surface area contributed by atoms with Crippen LogP contribution in [0.2, 0.25) is 0 Å². The number of benzene rings is 1. The minimum atomic E-state index is -1.24. The predicted octanol–water partition coefficient (Wildman–Crippen LogP) is 2.46. The van der Waals surface area contributed by atoms with Crippen molar-refractivity contribution < 1.29 is 23.1 Å². The second-order valence-electron chi connectivity index (χ2n) is 3.63. The molecule has 19 heavy (non-hydrogen) atoms. The molecule has 1 aromatic carbocycles. The topological polar surface area (TPSA) is 62.2 Å². The number of rotatable bonds is 2. The van der Waals surface area contributed by atoms with E-state index in [4.69, 9.17) is 5.11 Å². The lowest BCUT2D eigenvalue weighted by molar-refractivity contribution is 0.102. The van der Waals surface area contributed by atoms with Gasteiger partial charge >= 0.3 is 0 Å². The van der Waals surface area contributed by atoms with Gasteiger partial charge in [0.05, 0.1) is 11.8 Å². The van der Waals surface area contributed by atoms with Crippen LogP contribution in [-0.4, -0.2) is 16.0 Å². The average molecular weight is 268 g/mol. The zero-order valence-corrected chi connectivity index (χ0v) is 9.32. The highest BCUT2D eigenvalue weighted by Gasteiger charge is 2.15. The smallest absolute Gasteiger partial charge is 0.257 e. The molecule has 0 spiro atoms. The van der Waals surface area contributed by atoms with Crippen LogP contribution in [0.5, 0.6) is 5.75 Å². The molecule has 2 aromatic rings. The fourth-order valence-electron chi connectivity index (χ4n) is 1.40. The molecule has 7 heteroatoms. The van der Waals surface area contributed by atoms with E-state index >= 15 is 0 Å². The number of hydrogen-bond acceptors (Lipinski definition) is 3. The molecule has 0 fully saturated rings. The van der Waals surface area contributed by atoms with Crippen molar-refractivity contribution in [1.82, 2.24) is 4.98 Å². The molecule has 2 N–H and O–H groups in total. The highest BCUT2D eigenvalue weighted by atomic mass is 19.1. The van der Waals surface area contributed by atoms with Crippen molar-refractivity contribution in [2.45, 2.75) is 0 Å². The number of hydrogen-bond donors (Lipinski definition) is 2. The highest BCUT2D eigenvalue weighted by Crippen LogP contribution is 2.21. The van der Waals surface area contributed by atoms with Crippen molar-refractivity contribution in [3.8, 4) is 5.75 Å². The number of nitrogens with one attached hydrogen (secondary N) is 1. The van der Waals surface area contributed by atoms with Crippen LogP contribution in [-0.2, 0) is 0 Å². The number of carbonyl (C=O) groups is 1. The first-order chi connectivity index (χ1) is 8.97. The number of pyridine rings is 1. The van der Waals surface area contributed by atoms with E-state index in [1.54, 1.807) is 0 Å². The maximum Gasteiger partial charge on any atom is 0.257 e. The second kappa shape index (κ2) is 4.97. The zero-order chi connectivity index (χ0) is 14.0. The Morgan fingerprint density at radius 2 is 1.74 bits per heavy atom. The summed E-state index contributed by atoms with van der Waals surface area (Å²) in [6.07, 6.45) is 2.20. The molecule has 0 atom stereocenters. The maximum atomic E-state index is 13.3. The van der Waals surface area contributed by atoms with E-state index in [0.717, 1.165) is 18.5 Å². The van der Waals surface area contributed by atoms with Crippen molar-refractivity contribution in [3.63, 3.8) is 0 Å². The Kier molecular flexibility index (Phi) is 3.37. The van der Waals surface area contributed by atoms with Gasteiger partial charge in [-0.15, -0.1) is 0 Å². The van der Waals surface area contributed by atoms with Crippen molar-refractivity contribution >= 4 is 11.6 Å². The van der Waals surface area contributed by atoms with E-state index < -0.39 is 29.0 Å². The Bertz CT molecular complexity index is 624. The molecule has 98 valence electrons. The van der Waals surface area contributed by atoms with Crippen LogP contribution in [0.15, 0.2) is 30.6 Å². The molecular formula is C12H7F3N2O2. The van der Waals surface area contributed by atoms with E-state index in [1.165, 1.54) is 0 Å². The average Bonchev–Trinajstić information content (AvgIpc) is 2.33. The lowest BCUT2D eigenvalue weighted by Gasteiger charge is -2.07. The molecule has 0 saturated heterocycles. The van der Waals surface area contributed by atoms with Gasteiger partial charge in [-0.05, 0) is 6.07 Å². The number of carbonyl (C=O) groups excluding carboxylic acids is 1. The van der Waals surface area contributed by atoms with Crippen LogP contribution in [0, 0.1) is 17.5 Å². The van der Waals surface area contributed by atoms with Crippen LogP contribution in [0.25, 0.3) is 0 Å². The fourth-order valence-corrected chi connectivity index (χ4v) is 1.40. The Labute approximate surface area is 105 Å². The van der Waals surface area contributed by atoms with E-state index in [0.29, 0.717) is 12.1 Å². The Morgan fingerprint density at radius 3 is 2.32 bits per heavy atom. The molecule has 0 aliphatic rings. The Hall–Kier alpha value is -2.57. The van der Waals surface area contributed by atoms with E-state index in [-0.39, 0.29) is 11.3 Å². The molecule has 0 aliphatic carbocycles. The van der Waals surface area contributed by atoms with Gasteiger partial charge in [-0.25, -0.2) is 13.2 Å². The molecule has 4 nitrogen and oxygen atoms in total. The van der Waals surface area contributed by atoms with E-state index in [1.807, 2.05) is 5.32 Å². The summed E-state index contributed by atoms with van der Waals surface area (Å²) in [5.74, 6) is -4.72. The minimum absolute atomic E-state index is 0.0943. The Morgan fingerprint density at radius 1 is 1.11 bits per heavy atom. The summed E-state index contributed by atoms with van der Waals surface area (Å²) in [7, 11) is 0. The van der Waals surface area contributed by atoms with Gasteiger partial charge in [0.25, 0.3) is 5.91 Å². The number of amides is 1. The third-order valence-electron chi connectivity index (χ3n) is 2.23. The van der Waals surface area contributed by atoms with Gasteiger partial charge in [-0.1, -0.05) is 0 Å². The summed E-state index contributed by atoms with van der Waals surface area (Å²) in [6.45, 7) is 0. The standard InChI is InChI=1S/C12H7F3N2O2/c13-7-2-9(14)11(10(15)3-7)17-12(19)6-1-8(18)5-16-4-6/h1-5,18H,(H,17,19). The molecule has 0 bridgehead atoms. The molecule has 0 unspecified atom stereocenters. The van der Waals surface area contributed by atoms with Gasteiger partial charge in [0.2, 0.25) is 0 Å². The number of halogens is 3. The largest absolute Gasteiger partial charge is 0.506 e. The first kappa shape index (κ1) is 12.9. The second-order valence-corrected chi connectivity index (χ2v) is 3.63. The summed E-state index contributed by atoms with van der Waals surface area (Å²) in [5, 5.41) is 11.1. The maximum absolute atomic E-state index is 13.3. The van der Waals surface area contributed by atoms with Gasteiger partial charge in [-0.2, -0.15) is 0 Å². The van der Waals surface area contributed by atoms with Crippen LogP contribution in [0.1, 0.15) is 10.4 Å². The lowest BCUT2D eigenvalue weighted by Crippen LogP contribution is -2.14. The summed E-state index contributed by atoms with van der Waals surface area (Å²) in [4.78, 5) is 15.2. The number of aromatic hydroxyl groups is 1. The first-order valence-electron chi connectivity index (χ1n) is 5.07. The summed E-state index contributed by atoms with van der Waals surface area (Å²) in [5.41, 5.74) is -0.863. The van der Waals surface area contributed by atoms with Crippen molar-refractivity contribution in [3.05, 3.63) is 53.6 Å². The SMILES string of the molecule is O=C(Nc1c(F)cc(F)cc1F)c1cncc(O)c1. The quantitative estimate of drug-likeness (QED) is 0.879. The molecule has 1 amide bonds. The minimum Gasteiger partial charge on any atom is -0.506 e. The fraction of sp³-hybridized carbons (Fsp3) is 0. The molecule has 2 rings (SSSR count). The van der Waals surface area contributed by atoms with Crippen LogP contribution in [0.4, 0.5) is 18.9 Å². The van der Waals surface area contributed by atoms with E-state index in [2.05, 4.69) is 4.98 Å². The van der Waals surface area contributed by atoms with Crippen LogP contribution in [0.3, 0.4) is 0 Å². The van der Waals surface area contributed by atoms with Gasteiger partial charge in [0, 0.05) is 18.3 Å². The first-order valence-corrected chi connectivity index (χ1v) is 5.07. The van der Waals surface area contributed by atoms with Crippen LogP contribution >= 0.6 is 0 Å². The highest BCUT2D eigenvalue weighted by molar-refractivity contribution is 6.04. The van der Waals surface area contributed by atoms with Crippen molar-refractivity contribution in [2.24, 2.45) is 0 Å². The zero-order valence-electron chi connectivity index (χ0n) is 9.32. The van der Waals surface area contributed by atoms with Gasteiger partial charge in [-0.3, -0.25) is 9.78 Å². The lowest BCUT2D eigenvalue weighted by atomic mass is 10.2. The number of nitrogens with zero attached hydrogens (tertiary/aromatic N) is 1. The van der Waals surface area contributed by atoms with E-state index in [9.17, 15) is 18.0 Å². The summed E-state index contributed by atoms with van der Waals surface area (Å²) in [6, 6.07) is 1.96. The molecule has 0 radical (unpaired) electrons. The van der Waals surface area contributed by atoms with Crippen molar-refractivity contribution in [1.29, 1.82) is 0 Å². The molecule has 0 aliphatic heterocycles. The Balaban J connectivity index is 2.29. The number of aromatic nitrogens is 1. The third-order valence-corrected chi connectivity index (χ3v) is 2.23.